The van der Waals surface area contributed by atoms with Crippen LogP contribution in [0.4, 0.5) is 0 Å². The molecule has 0 fully saturated rings. The molecule has 0 aliphatic rings. The molecule has 1 heterocycles. The van der Waals surface area contributed by atoms with E-state index in [0.717, 1.165) is 0 Å². The molecule has 0 aliphatic carbocycles. The molecule has 1 aromatic heterocycles. The number of nitrogens with one attached hydrogen (secondary N) is 1. The van der Waals surface area contributed by atoms with Crippen LogP contribution in [0.15, 0.2) is 18.5 Å². The number of hydrogen-bond donors (Lipinski definition) is 2. The Morgan fingerprint density at radius 1 is 1.75 bits per heavy atom. The first-order chi connectivity index (χ1) is 3.91. The van der Waals surface area contributed by atoms with Crippen molar-refractivity contribution in [1.82, 2.24) is 10.2 Å². The number of rotatable bonds is 0. The molecule has 46 valence electrons. The maximum atomic E-state index is 7.57. The van der Waals surface area contributed by atoms with Gasteiger partial charge in [-0.15, -0.1) is 0 Å². The van der Waals surface area contributed by atoms with E-state index in [1.165, 1.54) is 0 Å². The van der Waals surface area contributed by atoms with Gasteiger partial charge in [-0.2, -0.15) is 5.10 Å². The van der Waals surface area contributed by atoms with Gasteiger partial charge in [0.15, 0.2) is 0 Å². The second-order valence-electron chi connectivity index (χ2n) is 1.08. The van der Waals surface area contributed by atoms with Crippen LogP contribution in [0.3, 0.4) is 0 Å². The lowest BCUT2D eigenvalue weighted by molar-refractivity contribution is 0.318. The number of aliphatic hydroxyl groups excluding tert-OH is 1. The van der Waals surface area contributed by atoms with Gasteiger partial charge in [0.1, 0.15) is 0 Å². The van der Waals surface area contributed by atoms with Crippen molar-refractivity contribution in [2.75, 3.05) is 6.61 Å². The van der Waals surface area contributed by atoms with Crippen LogP contribution in [0.5, 0.6) is 0 Å². The molecule has 0 spiro atoms. The maximum Gasteiger partial charge on any atom is 0.0487 e. The van der Waals surface area contributed by atoms with Crippen molar-refractivity contribution in [3.8, 4) is 0 Å². The van der Waals surface area contributed by atoms with E-state index < -0.39 is 0 Å². The lowest BCUT2D eigenvalue weighted by Crippen LogP contribution is -1.57. The highest BCUT2D eigenvalue weighted by molar-refractivity contribution is 4.72. The summed E-state index contributed by atoms with van der Waals surface area (Å²) in [5, 5.41) is 13.8. The summed E-state index contributed by atoms with van der Waals surface area (Å²) in [5.41, 5.74) is 0. The first kappa shape index (κ1) is 7.17. The minimum atomic E-state index is 0.250. The number of aromatic amines is 1. The number of aliphatic hydroxyl groups is 1. The Hall–Kier alpha value is -0.830. The van der Waals surface area contributed by atoms with Crippen LogP contribution in [-0.4, -0.2) is 21.9 Å². The van der Waals surface area contributed by atoms with Gasteiger partial charge in [0.25, 0.3) is 0 Å². The molecule has 3 nitrogen and oxygen atoms in total. The quantitative estimate of drug-likeness (QED) is 0.513. The van der Waals surface area contributed by atoms with Gasteiger partial charge in [-0.3, -0.25) is 5.10 Å². The van der Waals surface area contributed by atoms with Crippen LogP contribution in [0.25, 0.3) is 0 Å². The van der Waals surface area contributed by atoms with Crippen molar-refractivity contribution in [2.24, 2.45) is 0 Å². The van der Waals surface area contributed by atoms with Gasteiger partial charge in [-0.05, 0) is 13.0 Å². The lowest BCUT2D eigenvalue weighted by atomic mass is 10.8. The molecular weight excluding hydrogens is 104 g/mol. The van der Waals surface area contributed by atoms with Crippen LogP contribution in [-0.2, 0) is 0 Å². The van der Waals surface area contributed by atoms with Crippen molar-refractivity contribution in [1.29, 1.82) is 0 Å². The van der Waals surface area contributed by atoms with Crippen LogP contribution in [0.2, 0.25) is 0 Å². The summed E-state index contributed by atoms with van der Waals surface area (Å²) in [6, 6.07) is 1.83. The second-order valence-corrected chi connectivity index (χ2v) is 1.08. The molecule has 0 bridgehead atoms. The molecule has 0 unspecified atom stereocenters. The average Bonchev–Trinajstić information content (AvgIpc) is 2.17. The first-order valence-electron chi connectivity index (χ1n) is 2.46. The zero-order valence-electron chi connectivity index (χ0n) is 4.83. The molecule has 0 atom stereocenters. The van der Waals surface area contributed by atoms with Crippen molar-refractivity contribution in [3.05, 3.63) is 18.5 Å². The van der Waals surface area contributed by atoms with Crippen molar-refractivity contribution in [2.45, 2.75) is 6.92 Å². The van der Waals surface area contributed by atoms with E-state index in [1.807, 2.05) is 6.07 Å². The third kappa shape index (κ3) is 5.17. The van der Waals surface area contributed by atoms with Gasteiger partial charge in [0, 0.05) is 19.0 Å². The maximum absolute atomic E-state index is 7.57. The number of nitrogens with zero attached hydrogens (tertiary/aromatic N) is 1. The molecule has 3 heteroatoms. The largest absolute Gasteiger partial charge is 0.397 e. The van der Waals surface area contributed by atoms with Gasteiger partial charge < -0.3 is 5.11 Å². The van der Waals surface area contributed by atoms with Gasteiger partial charge in [0.2, 0.25) is 0 Å². The second kappa shape index (κ2) is 6.17. The van der Waals surface area contributed by atoms with E-state index in [1.54, 1.807) is 19.3 Å². The Kier molecular flexibility index (Phi) is 5.53. The van der Waals surface area contributed by atoms with E-state index in [0.29, 0.717) is 0 Å². The fourth-order valence-corrected chi connectivity index (χ4v) is 0.215. The standard InChI is InChI=1S/C3H4N2.C2H6O/c1-2-4-5-3-1;1-2-3/h1-3H,(H,4,5);3H,2H2,1H3. The van der Waals surface area contributed by atoms with Crippen LogP contribution in [0.1, 0.15) is 6.92 Å². The monoisotopic (exact) mass is 114 g/mol. The summed E-state index contributed by atoms with van der Waals surface area (Å²) in [7, 11) is 0. The topological polar surface area (TPSA) is 48.9 Å². The van der Waals surface area contributed by atoms with Crippen LogP contribution < -0.4 is 0 Å². The molecule has 0 saturated carbocycles. The molecule has 0 amide bonds. The lowest BCUT2D eigenvalue weighted by Gasteiger charge is -1.52. The molecule has 1 aromatic rings. The Morgan fingerprint density at radius 3 is 2.50 bits per heavy atom. The van der Waals surface area contributed by atoms with Gasteiger partial charge >= 0.3 is 0 Å². The van der Waals surface area contributed by atoms with Crippen molar-refractivity contribution < 1.29 is 5.11 Å². The summed E-state index contributed by atoms with van der Waals surface area (Å²) in [5.74, 6) is 0. The highest BCUT2D eigenvalue weighted by Crippen LogP contribution is 1.64. The molecule has 8 heavy (non-hydrogen) atoms. The highest BCUT2D eigenvalue weighted by atomic mass is 16.2. The Bertz CT molecular complexity index is 77.3. The van der Waals surface area contributed by atoms with Crippen LogP contribution >= 0.6 is 0 Å². The zero-order chi connectivity index (χ0) is 6.24. The van der Waals surface area contributed by atoms with Gasteiger partial charge in [0.05, 0.1) is 0 Å². The minimum Gasteiger partial charge on any atom is -0.397 e. The summed E-state index contributed by atoms with van der Waals surface area (Å²) >= 11 is 0. The zero-order valence-corrected chi connectivity index (χ0v) is 4.83. The summed E-state index contributed by atoms with van der Waals surface area (Å²) in [6.45, 7) is 1.93. The normalized spacial score (nSPS) is 7.25. The van der Waals surface area contributed by atoms with E-state index in [4.69, 9.17) is 5.11 Å². The highest BCUT2D eigenvalue weighted by Gasteiger charge is 1.56. The molecular formula is C5H10N2O. The molecule has 0 radical (unpaired) electrons. The third-order valence-corrected chi connectivity index (χ3v) is 0.406. The van der Waals surface area contributed by atoms with E-state index >= 15 is 0 Å². The predicted octanol–water partition coefficient (Wildman–Crippen LogP) is 0.408. The van der Waals surface area contributed by atoms with Crippen LogP contribution in [0, 0.1) is 0 Å². The minimum absolute atomic E-state index is 0.250. The molecule has 0 saturated heterocycles. The van der Waals surface area contributed by atoms with Gasteiger partial charge in [-0.25, -0.2) is 0 Å². The van der Waals surface area contributed by atoms with Gasteiger partial charge in [-0.1, -0.05) is 0 Å². The molecule has 1 rings (SSSR count). The Labute approximate surface area is 48.4 Å². The summed E-state index contributed by atoms with van der Waals surface area (Å²) in [6.07, 6.45) is 3.46. The van der Waals surface area contributed by atoms with E-state index in [2.05, 4.69) is 10.2 Å². The molecule has 2 N–H and O–H groups in total. The smallest absolute Gasteiger partial charge is 0.0487 e. The fraction of sp³-hybridized carbons (Fsp3) is 0.400. The third-order valence-electron chi connectivity index (χ3n) is 0.406. The SMILES string of the molecule is CCO.c1cn[nH]c1. The van der Waals surface area contributed by atoms with Crippen molar-refractivity contribution >= 4 is 0 Å². The number of hydrogen-bond acceptors (Lipinski definition) is 2. The summed E-state index contributed by atoms with van der Waals surface area (Å²) in [4.78, 5) is 0. The van der Waals surface area contributed by atoms with E-state index in [9.17, 15) is 0 Å². The molecule has 0 aromatic carbocycles. The average molecular weight is 114 g/mol. The number of H-pyrrole nitrogens is 1. The Balaban J connectivity index is 0.000000145. The van der Waals surface area contributed by atoms with Crippen molar-refractivity contribution in [3.63, 3.8) is 0 Å². The predicted molar refractivity (Wildman–Crippen MR) is 31.3 cm³/mol. The number of aromatic nitrogens is 2. The summed E-state index contributed by atoms with van der Waals surface area (Å²) < 4.78 is 0. The fourth-order valence-electron chi connectivity index (χ4n) is 0.215. The van der Waals surface area contributed by atoms with E-state index in [-0.39, 0.29) is 6.61 Å². The molecule has 0 aliphatic heterocycles. The Morgan fingerprint density at radius 2 is 2.38 bits per heavy atom. The first-order valence-corrected chi connectivity index (χ1v) is 2.46.